The fraction of sp³-hybridized carbons (Fsp3) is 0.435. The zero-order chi connectivity index (χ0) is 22.6. The number of morpholine rings is 1. The Morgan fingerprint density at radius 1 is 0.969 bits per heavy atom. The molecular weight excluding hydrogens is 430 g/mol. The molecule has 0 atom stereocenters. The number of methoxy groups -OCH3 is 1. The van der Waals surface area contributed by atoms with E-state index in [1.165, 1.54) is 29.1 Å². The molecule has 172 valence electrons. The number of rotatable bonds is 6. The lowest BCUT2D eigenvalue weighted by atomic mass is 10.1. The molecule has 0 unspecified atom stereocenters. The number of benzene rings is 2. The highest BCUT2D eigenvalue weighted by molar-refractivity contribution is 7.89. The van der Waals surface area contributed by atoms with E-state index in [1.807, 2.05) is 18.2 Å². The summed E-state index contributed by atoms with van der Waals surface area (Å²) in [6.07, 6.45) is 0. The lowest BCUT2D eigenvalue weighted by Gasteiger charge is -2.34. The number of hydrogen-bond acceptors (Lipinski definition) is 6. The second kappa shape index (κ2) is 9.99. The molecule has 2 aromatic rings. The quantitative estimate of drug-likeness (QED) is 0.654. The minimum absolute atomic E-state index is 0.117. The molecule has 2 aliphatic heterocycles. The molecule has 2 heterocycles. The van der Waals surface area contributed by atoms with Gasteiger partial charge in [0.15, 0.2) is 0 Å². The topological polar surface area (TPSA) is 79.4 Å². The second-order valence-electron chi connectivity index (χ2n) is 7.93. The third-order valence-corrected chi connectivity index (χ3v) is 7.81. The van der Waals surface area contributed by atoms with Crippen LogP contribution in [0.5, 0.6) is 5.75 Å². The standard InChI is InChI=1S/C23H29N3O5S/c1-30-22-8-7-20(17-21(22)23(27)25-13-15-31-16-14-25)32(28,29)26-11-9-24(10-12-26)18-19-5-3-2-4-6-19/h2-8,17H,9-16,18H2,1H3. The first-order valence-electron chi connectivity index (χ1n) is 10.8. The van der Waals surface area contributed by atoms with Crippen LogP contribution in [0.25, 0.3) is 0 Å². The Morgan fingerprint density at radius 2 is 1.66 bits per heavy atom. The Labute approximate surface area is 189 Å². The van der Waals surface area contributed by atoms with Gasteiger partial charge in [0, 0.05) is 45.8 Å². The number of ether oxygens (including phenoxy) is 2. The molecule has 32 heavy (non-hydrogen) atoms. The van der Waals surface area contributed by atoms with Crippen LogP contribution in [-0.2, 0) is 21.3 Å². The molecule has 2 fully saturated rings. The summed E-state index contributed by atoms with van der Waals surface area (Å²) in [4.78, 5) is 17.1. The number of nitrogens with zero attached hydrogens (tertiary/aromatic N) is 3. The molecule has 9 heteroatoms. The zero-order valence-electron chi connectivity index (χ0n) is 18.3. The van der Waals surface area contributed by atoms with Gasteiger partial charge in [-0.25, -0.2) is 8.42 Å². The molecule has 2 saturated heterocycles. The van der Waals surface area contributed by atoms with Crippen LogP contribution < -0.4 is 4.74 Å². The van der Waals surface area contributed by atoms with Crippen molar-refractivity contribution in [3.8, 4) is 5.75 Å². The minimum Gasteiger partial charge on any atom is -0.496 e. The van der Waals surface area contributed by atoms with Gasteiger partial charge in [0.2, 0.25) is 10.0 Å². The molecule has 4 rings (SSSR count). The molecular formula is C23H29N3O5S. The number of amides is 1. The van der Waals surface area contributed by atoms with Crippen LogP contribution in [0.3, 0.4) is 0 Å². The minimum atomic E-state index is -3.71. The summed E-state index contributed by atoms with van der Waals surface area (Å²) in [5, 5.41) is 0. The van der Waals surface area contributed by atoms with E-state index in [2.05, 4.69) is 17.0 Å². The summed E-state index contributed by atoms with van der Waals surface area (Å²) in [6.45, 7) is 4.83. The Hall–Kier alpha value is -2.46. The number of sulfonamides is 1. The summed E-state index contributed by atoms with van der Waals surface area (Å²) in [5.74, 6) is 0.128. The van der Waals surface area contributed by atoms with Crippen LogP contribution in [0.15, 0.2) is 53.4 Å². The lowest BCUT2D eigenvalue weighted by Crippen LogP contribution is -2.48. The Balaban J connectivity index is 1.48. The Bertz CT molecular complexity index is 1030. The highest BCUT2D eigenvalue weighted by Crippen LogP contribution is 2.27. The molecule has 0 saturated carbocycles. The van der Waals surface area contributed by atoms with Gasteiger partial charge in [0.05, 0.1) is 30.8 Å². The van der Waals surface area contributed by atoms with E-state index in [0.29, 0.717) is 58.2 Å². The van der Waals surface area contributed by atoms with E-state index in [4.69, 9.17) is 9.47 Å². The molecule has 0 N–H and O–H groups in total. The van der Waals surface area contributed by atoms with Crippen molar-refractivity contribution in [3.05, 3.63) is 59.7 Å². The van der Waals surface area contributed by atoms with Gasteiger partial charge in [0.1, 0.15) is 5.75 Å². The third kappa shape index (κ3) is 4.96. The van der Waals surface area contributed by atoms with Crippen LogP contribution in [0.4, 0.5) is 0 Å². The average Bonchev–Trinajstić information content (AvgIpc) is 2.84. The van der Waals surface area contributed by atoms with Gasteiger partial charge in [0.25, 0.3) is 5.91 Å². The Kier molecular flexibility index (Phi) is 7.10. The fourth-order valence-corrected chi connectivity index (χ4v) is 5.52. The van der Waals surface area contributed by atoms with Crippen molar-refractivity contribution in [3.63, 3.8) is 0 Å². The van der Waals surface area contributed by atoms with Crippen LogP contribution in [0.1, 0.15) is 15.9 Å². The molecule has 1 amide bonds. The number of piperazine rings is 1. The van der Waals surface area contributed by atoms with Gasteiger partial charge in [-0.2, -0.15) is 4.31 Å². The average molecular weight is 460 g/mol. The molecule has 0 radical (unpaired) electrons. The first kappa shape index (κ1) is 22.7. The first-order chi connectivity index (χ1) is 15.5. The molecule has 2 aromatic carbocycles. The van der Waals surface area contributed by atoms with Gasteiger partial charge in [-0.15, -0.1) is 0 Å². The summed E-state index contributed by atoms with van der Waals surface area (Å²) < 4.78 is 38.8. The van der Waals surface area contributed by atoms with E-state index in [0.717, 1.165) is 6.54 Å². The van der Waals surface area contributed by atoms with Crippen molar-refractivity contribution in [2.75, 3.05) is 59.6 Å². The predicted octanol–water partition coefficient (Wildman–Crippen LogP) is 1.67. The highest BCUT2D eigenvalue weighted by Gasteiger charge is 2.30. The van der Waals surface area contributed by atoms with Crippen LogP contribution in [-0.4, -0.2) is 88.0 Å². The van der Waals surface area contributed by atoms with Crippen molar-refractivity contribution in [2.45, 2.75) is 11.4 Å². The summed E-state index contributed by atoms with van der Waals surface area (Å²) in [6, 6.07) is 14.7. The molecule has 0 bridgehead atoms. The normalized spacial score (nSPS) is 18.5. The number of carbonyl (C=O) groups is 1. The van der Waals surface area contributed by atoms with Gasteiger partial charge >= 0.3 is 0 Å². The van der Waals surface area contributed by atoms with E-state index in [9.17, 15) is 13.2 Å². The van der Waals surface area contributed by atoms with Crippen LogP contribution in [0, 0.1) is 0 Å². The van der Waals surface area contributed by atoms with Gasteiger partial charge < -0.3 is 14.4 Å². The van der Waals surface area contributed by atoms with Crippen molar-refractivity contribution in [1.82, 2.24) is 14.1 Å². The van der Waals surface area contributed by atoms with Gasteiger partial charge in [-0.3, -0.25) is 9.69 Å². The van der Waals surface area contributed by atoms with E-state index in [1.54, 1.807) is 11.0 Å². The lowest BCUT2D eigenvalue weighted by molar-refractivity contribution is 0.0300. The van der Waals surface area contributed by atoms with E-state index >= 15 is 0 Å². The molecule has 0 aliphatic carbocycles. The smallest absolute Gasteiger partial charge is 0.257 e. The van der Waals surface area contributed by atoms with Crippen molar-refractivity contribution in [1.29, 1.82) is 0 Å². The molecule has 8 nitrogen and oxygen atoms in total. The maximum atomic E-state index is 13.3. The van der Waals surface area contributed by atoms with E-state index < -0.39 is 10.0 Å². The van der Waals surface area contributed by atoms with Gasteiger partial charge in [-0.05, 0) is 23.8 Å². The monoisotopic (exact) mass is 459 g/mol. The van der Waals surface area contributed by atoms with Gasteiger partial charge in [-0.1, -0.05) is 30.3 Å². The van der Waals surface area contributed by atoms with Crippen LogP contribution >= 0.6 is 0 Å². The molecule has 2 aliphatic rings. The van der Waals surface area contributed by atoms with Crippen molar-refractivity contribution in [2.24, 2.45) is 0 Å². The summed E-state index contributed by atoms with van der Waals surface area (Å²) in [7, 11) is -2.24. The van der Waals surface area contributed by atoms with E-state index in [-0.39, 0.29) is 16.4 Å². The van der Waals surface area contributed by atoms with Crippen molar-refractivity contribution >= 4 is 15.9 Å². The maximum Gasteiger partial charge on any atom is 0.257 e. The fourth-order valence-electron chi connectivity index (χ4n) is 4.07. The molecule has 0 spiro atoms. The van der Waals surface area contributed by atoms with Crippen molar-refractivity contribution < 1.29 is 22.7 Å². The molecule has 0 aromatic heterocycles. The third-order valence-electron chi connectivity index (χ3n) is 5.92. The number of hydrogen-bond donors (Lipinski definition) is 0. The predicted molar refractivity (Wildman–Crippen MR) is 120 cm³/mol. The highest BCUT2D eigenvalue weighted by atomic mass is 32.2. The zero-order valence-corrected chi connectivity index (χ0v) is 19.1. The van der Waals surface area contributed by atoms with Crippen LogP contribution in [0.2, 0.25) is 0 Å². The summed E-state index contributed by atoms with van der Waals surface area (Å²) >= 11 is 0. The SMILES string of the molecule is COc1ccc(S(=O)(=O)N2CCN(Cc3ccccc3)CC2)cc1C(=O)N1CCOCC1. The largest absolute Gasteiger partial charge is 0.496 e. The summed E-state index contributed by atoms with van der Waals surface area (Å²) in [5.41, 5.74) is 1.48. The number of carbonyl (C=O) groups excluding carboxylic acids is 1. The first-order valence-corrected chi connectivity index (χ1v) is 12.2. The second-order valence-corrected chi connectivity index (χ2v) is 9.87. The Morgan fingerprint density at radius 3 is 2.31 bits per heavy atom. The maximum absolute atomic E-state index is 13.3.